The SMILES string of the molecule is C#CCNC(=O)C=CCC[C@@H](C)[C@H]1CC[C@H]2[C@@H]3C(O)C(O)[C@@H]4C[C@H](O)CC[C@]4(C)[C@H]3CC[C@]12C. The molecular formula is C29H45NO4. The maximum atomic E-state index is 11.7. The maximum Gasteiger partial charge on any atom is 0.244 e. The molecule has 4 saturated carbocycles. The van der Waals surface area contributed by atoms with Crippen molar-refractivity contribution in [1.29, 1.82) is 0 Å². The van der Waals surface area contributed by atoms with Gasteiger partial charge in [-0.25, -0.2) is 0 Å². The van der Waals surface area contributed by atoms with Crippen LogP contribution in [0.15, 0.2) is 12.2 Å². The zero-order valence-corrected chi connectivity index (χ0v) is 21.2. The number of aliphatic hydroxyl groups excluding tert-OH is 3. The van der Waals surface area contributed by atoms with E-state index in [1.165, 1.54) is 12.8 Å². The van der Waals surface area contributed by atoms with E-state index in [0.717, 1.165) is 38.5 Å². The number of allylic oxidation sites excluding steroid dienone is 1. The molecule has 0 aromatic carbocycles. The minimum atomic E-state index is -0.731. The van der Waals surface area contributed by atoms with Gasteiger partial charge in [-0.3, -0.25) is 4.79 Å². The molecule has 1 amide bonds. The van der Waals surface area contributed by atoms with Crippen LogP contribution in [0.2, 0.25) is 0 Å². The van der Waals surface area contributed by atoms with Crippen molar-refractivity contribution in [2.24, 2.45) is 46.3 Å². The van der Waals surface area contributed by atoms with Gasteiger partial charge < -0.3 is 20.6 Å². The molecule has 0 aromatic rings. The number of carbonyl (C=O) groups excluding carboxylic acids is 1. The number of carbonyl (C=O) groups is 1. The Labute approximate surface area is 205 Å². The molecule has 0 bridgehead atoms. The van der Waals surface area contributed by atoms with E-state index in [0.29, 0.717) is 30.1 Å². The molecule has 4 aliphatic carbocycles. The molecule has 0 aliphatic heterocycles. The van der Waals surface area contributed by atoms with Crippen LogP contribution in [-0.4, -0.2) is 46.1 Å². The van der Waals surface area contributed by atoms with E-state index in [9.17, 15) is 20.1 Å². The standard InChI is InChI=1S/C29H45NO4/c1-5-16-30-24(32)9-7-6-8-18(2)20-10-11-21-25-22(13-15-28(20,21)3)29(4)14-12-19(31)17-23(29)26(33)27(25)34/h1,7,9,18-23,25-27,31,33-34H,6,8,10-17H2,2-4H3,(H,30,32)/t18-,19-,20-,21+,22+,23+,25+,26?,27?,28-,29-/m1/s1. The first-order valence-electron chi connectivity index (χ1n) is 13.6. The minimum absolute atomic E-state index is 0.00222. The van der Waals surface area contributed by atoms with Gasteiger partial charge in [0.25, 0.3) is 0 Å². The zero-order valence-electron chi connectivity index (χ0n) is 21.2. The van der Waals surface area contributed by atoms with E-state index in [1.807, 2.05) is 6.08 Å². The first kappa shape index (κ1) is 25.7. The highest BCUT2D eigenvalue weighted by atomic mass is 16.3. The van der Waals surface area contributed by atoms with Crippen LogP contribution in [0.25, 0.3) is 0 Å². The molecule has 0 radical (unpaired) electrons. The van der Waals surface area contributed by atoms with Crippen molar-refractivity contribution in [3.63, 3.8) is 0 Å². The van der Waals surface area contributed by atoms with Gasteiger partial charge in [-0.2, -0.15) is 0 Å². The third kappa shape index (κ3) is 4.36. The Morgan fingerprint density at radius 2 is 1.76 bits per heavy atom. The molecule has 0 saturated heterocycles. The van der Waals surface area contributed by atoms with Crippen molar-refractivity contribution in [3.05, 3.63) is 12.2 Å². The molecule has 5 heteroatoms. The first-order valence-corrected chi connectivity index (χ1v) is 13.6. The van der Waals surface area contributed by atoms with Crippen molar-refractivity contribution in [2.45, 2.75) is 96.9 Å². The molecule has 0 aromatic heterocycles. The monoisotopic (exact) mass is 471 g/mol. The molecule has 4 N–H and O–H groups in total. The average Bonchev–Trinajstić information content (AvgIpc) is 3.16. The topological polar surface area (TPSA) is 89.8 Å². The maximum absolute atomic E-state index is 11.7. The summed E-state index contributed by atoms with van der Waals surface area (Å²) >= 11 is 0. The fourth-order valence-electron chi connectivity index (χ4n) is 9.16. The van der Waals surface area contributed by atoms with Gasteiger partial charge in [0.05, 0.1) is 24.9 Å². The number of nitrogens with one attached hydrogen (secondary N) is 1. The summed E-state index contributed by atoms with van der Waals surface area (Å²) in [6.45, 7) is 7.39. The van der Waals surface area contributed by atoms with E-state index in [4.69, 9.17) is 6.42 Å². The lowest BCUT2D eigenvalue weighted by Crippen LogP contribution is -2.64. The number of terminal acetylenes is 1. The summed E-state index contributed by atoms with van der Waals surface area (Å²) in [5, 5.41) is 35.5. The van der Waals surface area contributed by atoms with E-state index in [1.54, 1.807) is 6.08 Å². The summed E-state index contributed by atoms with van der Waals surface area (Å²) in [5.74, 6) is 4.45. The van der Waals surface area contributed by atoms with Gasteiger partial charge in [0, 0.05) is 0 Å². The third-order valence-electron chi connectivity index (χ3n) is 10.9. The number of rotatable bonds is 6. The highest BCUT2D eigenvalue weighted by Gasteiger charge is 2.65. The molecule has 2 unspecified atom stereocenters. The van der Waals surface area contributed by atoms with Gasteiger partial charge in [-0.1, -0.05) is 32.8 Å². The van der Waals surface area contributed by atoms with Crippen LogP contribution in [0.4, 0.5) is 0 Å². The summed E-state index contributed by atoms with van der Waals surface area (Å²) in [4.78, 5) is 11.7. The molecule has 5 nitrogen and oxygen atoms in total. The normalized spacial score (nSPS) is 46.7. The molecule has 0 heterocycles. The van der Waals surface area contributed by atoms with Gasteiger partial charge in [-0.05, 0) is 110 Å². The summed E-state index contributed by atoms with van der Waals surface area (Å²) < 4.78 is 0. The Morgan fingerprint density at radius 3 is 2.50 bits per heavy atom. The van der Waals surface area contributed by atoms with Crippen molar-refractivity contribution in [1.82, 2.24) is 5.32 Å². The Bertz CT molecular complexity index is 819. The van der Waals surface area contributed by atoms with Gasteiger partial charge in [0.2, 0.25) is 5.91 Å². The summed E-state index contributed by atoms with van der Waals surface area (Å²) in [7, 11) is 0. The lowest BCUT2D eigenvalue weighted by molar-refractivity contribution is -0.223. The smallest absolute Gasteiger partial charge is 0.244 e. The van der Waals surface area contributed by atoms with Crippen LogP contribution < -0.4 is 5.32 Å². The highest BCUT2D eigenvalue weighted by molar-refractivity contribution is 5.87. The molecule has 4 aliphatic rings. The second kappa shape index (κ2) is 9.96. The van der Waals surface area contributed by atoms with Crippen LogP contribution in [0.5, 0.6) is 0 Å². The van der Waals surface area contributed by atoms with Crippen LogP contribution in [0.3, 0.4) is 0 Å². The Morgan fingerprint density at radius 1 is 1.06 bits per heavy atom. The highest BCUT2D eigenvalue weighted by Crippen LogP contribution is 2.68. The molecule has 11 atom stereocenters. The summed E-state index contributed by atoms with van der Waals surface area (Å²) in [5.41, 5.74) is 0.199. The second-order valence-corrected chi connectivity index (χ2v) is 12.4. The quantitative estimate of drug-likeness (QED) is 0.351. The fraction of sp³-hybridized carbons (Fsp3) is 0.828. The van der Waals surface area contributed by atoms with Crippen molar-refractivity contribution >= 4 is 5.91 Å². The lowest BCUT2D eigenvalue weighted by atomic mass is 9.43. The number of hydrogen-bond acceptors (Lipinski definition) is 4. The van der Waals surface area contributed by atoms with E-state index in [2.05, 4.69) is 32.0 Å². The predicted octanol–water partition coefficient (Wildman–Crippen LogP) is 3.67. The molecular weight excluding hydrogens is 426 g/mol. The largest absolute Gasteiger partial charge is 0.393 e. The fourth-order valence-corrected chi connectivity index (χ4v) is 9.16. The number of hydrogen-bond donors (Lipinski definition) is 4. The van der Waals surface area contributed by atoms with Crippen molar-refractivity contribution < 1.29 is 20.1 Å². The van der Waals surface area contributed by atoms with E-state index >= 15 is 0 Å². The van der Waals surface area contributed by atoms with Crippen LogP contribution >= 0.6 is 0 Å². The lowest BCUT2D eigenvalue weighted by Gasteiger charge is -2.63. The Kier molecular flexibility index (Phi) is 7.54. The molecule has 0 spiro atoms. The van der Waals surface area contributed by atoms with E-state index in [-0.39, 0.29) is 41.2 Å². The Hall–Kier alpha value is -1.35. The van der Waals surface area contributed by atoms with Crippen LogP contribution in [-0.2, 0) is 4.79 Å². The van der Waals surface area contributed by atoms with Crippen molar-refractivity contribution in [3.8, 4) is 12.3 Å². The second-order valence-electron chi connectivity index (χ2n) is 12.4. The molecule has 4 rings (SSSR count). The van der Waals surface area contributed by atoms with Gasteiger partial charge in [-0.15, -0.1) is 6.42 Å². The number of fused-ring (bicyclic) bond motifs is 5. The molecule has 190 valence electrons. The van der Waals surface area contributed by atoms with Gasteiger partial charge >= 0.3 is 0 Å². The predicted molar refractivity (Wildman–Crippen MR) is 133 cm³/mol. The zero-order chi connectivity index (χ0) is 24.7. The Balaban J connectivity index is 1.44. The summed E-state index contributed by atoms with van der Waals surface area (Å²) in [6, 6.07) is 0. The summed E-state index contributed by atoms with van der Waals surface area (Å²) in [6.07, 6.45) is 15.9. The van der Waals surface area contributed by atoms with Gasteiger partial charge in [0.1, 0.15) is 0 Å². The van der Waals surface area contributed by atoms with Gasteiger partial charge in [0.15, 0.2) is 0 Å². The number of aliphatic hydroxyl groups is 3. The van der Waals surface area contributed by atoms with Crippen LogP contribution in [0, 0.1) is 58.7 Å². The third-order valence-corrected chi connectivity index (χ3v) is 10.9. The molecule has 4 fully saturated rings. The first-order chi connectivity index (χ1) is 16.1. The molecule has 34 heavy (non-hydrogen) atoms. The van der Waals surface area contributed by atoms with Crippen LogP contribution in [0.1, 0.15) is 78.6 Å². The van der Waals surface area contributed by atoms with Crippen molar-refractivity contribution in [2.75, 3.05) is 6.54 Å². The van der Waals surface area contributed by atoms with E-state index < -0.39 is 12.2 Å². The average molecular weight is 472 g/mol. The minimum Gasteiger partial charge on any atom is -0.393 e. The number of amides is 1.